The van der Waals surface area contributed by atoms with E-state index in [0.29, 0.717) is 13.0 Å². The molecule has 1 amide bonds. The van der Waals surface area contributed by atoms with Crippen LogP contribution in [0.3, 0.4) is 0 Å². The zero-order valence-electron chi connectivity index (χ0n) is 17.0. The third kappa shape index (κ3) is 6.29. The smallest absolute Gasteiger partial charge is 0.224 e. The third-order valence-electron chi connectivity index (χ3n) is 5.40. The van der Waals surface area contributed by atoms with Crippen molar-refractivity contribution in [3.8, 4) is 5.75 Å². The lowest BCUT2D eigenvalue weighted by Gasteiger charge is -2.22. The van der Waals surface area contributed by atoms with Crippen LogP contribution in [-0.2, 0) is 17.6 Å². The van der Waals surface area contributed by atoms with Crippen molar-refractivity contribution in [2.75, 3.05) is 31.6 Å². The van der Waals surface area contributed by atoms with Gasteiger partial charge in [0.1, 0.15) is 5.75 Å². The molecule has 150 valence electrons. The third-order valence-corrected chi connectivity index (χ3v) is 5.40. The summed E-state index contributed by atoms with van der Waals surface area (Å²) in [4.78, 5) is 14.6. The van der Waals surface area contributed by atoms with Crippen LogP contribution >= 0.6 is 0 Å². The number of nitrogens with zero attached hydrogens (tertiary/aromatic N) is 1. The number of ether oxygens (including phenoxy) is 1. The Kier molecular flexibility index (Phi) is 7.77. The number of anilines is 1. The van der Waals surface area contributed by atoms with Gasteiger partial charge in [0.15, 0.2) is 0 Å². The molecule has 0 aliphatic carbocycles. The van der Waals surface area contributed by atoms with Crippen LogP contribution in [0.1, 0.15) is 43.2 Å². The molecular weight excluding hydrogens is 348 g/mol. The molecule has 0 atom stereocenters. The second-order valence-corrected chi connectivity index (χ2v) is 7.55. The molecule has 1 aliphatic heterocycles. The predicted molar refractivity (Wildman–Crippen MR) is 115 cm³/mol. The van der Waals surface area contributed by atoms with Crippen molar-refractivity contribution in [3.05, 3.63) is 59.7 Å². The molecule has 0 unspecified atom stereocenters. The topological polar surface area (TPSA) is 41.6 Å². The first-order valence-electron chi connectivity index (χ1n) is 10.5. The molecule has 0 spiro atoms. The van der Waals surface area contributed by atoms with Gasteiger partial charge in [-0.25, -0.2) is 0 Å². The Balaban J connectivity index is 1.36. The summed E-state index contributed by atoms with van der Waals surface area (Å²) < 4.78 is 5.14. The van der Waals surface area contributed by atoms with Crippen molar-refractivity contribution < 1.29 is 9.53 Å². The lowest BCUT2D eigenvalue weighted by atomic mass is 10.1. The Hall–Kier alpha value is -2.49. The van der Waals surface area contributed by atoms with Gasteiger partial charge in [-0.15, -0.1) is 0 Å². The normalized spacial score (nSPS) is 14.4. The van der Waals surface area contributed by atoms with Crippen molar-refractivity contribution in [2.24, 2.45) is 0 Å². The second kappa shape index (κ2) is 10.7. The highest BCUT2D eigenvalue weighted by Gasteiger charge is 2.09. The molecule has 0 saturated carbocycles. The number of benzene rings is 2. The Morgan fingerprint density at radius 1 is 0.929 bits per heavy atom. The van der Waals surface area contributed by atoms with Crippen LogP contribution in [0, 0.1) is 0 Å². The van der Waals surface area contributed by atoms with Crippen LogP contribution in [0.15, 0.2) is 48.5 Å². The minimum Gasteiger partial charge on any atom is -0.497 e. The molecular formula is C24H32N2O2. The quantitative estimate of drug-likeness (QED) is 0.692. The lowest BCUT2D eigenvalue weighted by molar-refractivity contribution is -0.120. The van der Waals surface area contributed by atoms with Crippen LogP contribution in [0.25, 0.3) is 0 Å². The van der Waals surface area contributed by atoms with Crippen molar-refractivity contribution >= 4 is 11.6 Å². The monoisotopic (exact) mass is 380 g/mol. The van der Waals surface area contributed by atoms with Gasteiger partial charge in [0.25, 0.3) is 0 Å². The molecule has 1 N–H and O–H groups in total. The maximum absolute atomic E-state index is 12.1. The number of aryl methyl sites for hydroxylation is 1. The van der Waals surface area contributed by atoms with Gasteiger partial charge in [0.05, 0.1) is 13.5 Å². The van der Waals surface area contributed by atoms with E-state index >= 15 is 0 Å². The van der Waals surface area contributed by atoms with Gasteiger partial charge in [-0.1, -0.05) is 37.1 Å². The van der Waals surface area contributed by atoms with E-state index < -0.39 is 0 Å². The number of hydrogen-bond donors (Lipinski definition) is 1. The molecule has 0 bridgehead atoms. The summed E-state index contributed by atoms with van der Waals surface area (Å²) in [5, 5.41) is 3.02. The summed E-state index contributed by atoms with van der Waals surface area (Å²) >= 11 is 0. The summed E-state index contributed by atoms with van der Waals surface area (Å²) in [6.07, 6.45) is 7.68. The van der Waals surface area contributed by atoms with Gasteiger partial charge in [0.2, 0.25) is 5.91 Å². The maximum Gasteiger partial charge on any atom is 0.224 e. The standard InChI is InChI=1S/C24H32N2O2/c1-28-23-14-10-21(11-15-23)19-24(27)25-16-6-7-20-8-12-22(13-9-20)26-17-4-2-3-5-18-26/h8-15H,2-7,16-19H2,1H3,(H,25,27). The number of carbonyl (C=O) groups excluding carboxylic acids is 1. The van der Waals surface area contributed by atoms with E-state index in [1.54, 1.807) is 7.11 Å². The largest absolute Gasteiger partial charge is 0.497 e. The van der Waals surface area contributed by atoms with Gasteiger partial charge in [-0.05, 0) is 61.1 Å². The highest BCUT2D eigenvalue weighted by Crippen LogP contribution is 2.20. The Labute approximate surface area is 168 Å². The number of rotatable bonds is 8. The van der Waals surface area contributed by atoms with Gasteiger partial charge in [-0.2, -0.15) is 0 Å². The number of amides is 1. The van der Waals surface area contributed by atoms with E-state index in [1.165, 1.54) is 50.0 Å². The van der Waals surface area contributed by atoms with E-state index in [4.69, 9.17) is 4.74 Å². The molecule has 3 rings (SSSR count). The molecule has 28 heavy (non-hydrogen) atoms. The number of nitrogens with one attached hydrogen (secondary N) is 1. The summed E-state index contributed by atoms with van der Waals surface area (Å²) in [6, 6.07) is 16.6. The van der Waals surface area contributed by atoms with Crippen molar-refractivity contribution in [2.45, 2.75) is 44.9 Å². The molecule has 1 heterocycles. The summed E-state index contributed by atoms with van der Waals surface area (Å²) in [7, 11) is 1.64. The van der Waals surface area contributed by atoms with Crippen LogP contribution in [0.2, 0.25) is 0 Å². The molecule has 1 aliphatic rings. The predicted octanol–water partition coefficient (Wildman–Crippen LogP) is 4.37. The Morgan fingerprint density at radius 3 is 2.21 bits per heavy atom. The average molecular weight is 381 g/mol. The molecule has 0 radical (unpaired) electrons. The van der Waals surface area contributed by atoms with Gasteiger partial charge in [-0.3, -0.25) is 4.79 Å². The Morgan fingerprint density at radius 2 is 1.57 bits per heavy atom. The van der Waals surface area contributed by atoms with Gasteiger partial charge >= 0.3 is 0 Å². The van der Waals surface area contributed by atoms with E-state index in [2.05, 4.69) is 34.5 Å². The molecule has 4 nitrogen and oxygen atoms in total. The van der Waals surface area contributed by atoms with E-state index in [0.717, 1.165) is 24.2 Å². The first-order chi connectivity index (χ1) is 13.7. The molecule has 0 aromatic heterocycles. The average Bonchev–Trinajstić information content (AvgIpc) is 3.02. The van der Waals surface area contributed by atoms with Gasteiger partial charge < -0.3 is 15.0 Å². The summed E-state index contributed by atoms with van der Waals surface area (Å²) in [5.41, 5.74) is 3.68. The molecule has 2 aromatic rings. The van der Waals surface area contributed by atoms with Crippen LogP contribution < -0.4 is 15.0 Å². The number of hydrogen-bond acceptors (Lipinski definition) is 3. The zero-order valence-corrected chi connectivity index (χ0v) is 17.0. The fourth-order valence-corrected chi connectivity index (χ4v) is 3.71. The number of carbonyl (C=O) groups is 1. The van der Waals surface area contributed by atoms with Crippen molar-refractivity contribution in [1.82, 2.24) is 5.32 Å². The fraction of sp³-hybridized carbons (Fsp3) is 0.458. The lowest BCUT2D eigenvalue weighted by Crippen LogP contribution is -2.26. The first kappa shape index (κ1) is 20.2. The van der Waals surface area contributed by atoms with E-state index in [-0.39, 0.29) is 5.91 Å². The fourth-order valence-electron chi connectivity index (χ4n) is 3.71. The van der Waals surface area contributed by atoms with Crippen molar-refractivity contribution in [1.29, 1.82) is 0 Å². The highest BCUT2D eigenvalue weighted by molar-refractivity contribution is 5.78. The number of methoxy groups -OCH3 is 1. The van der Waals surface area contributed by atoms with Crippen LogP contribution in [0.5, 0.6) is 5.75 Å². The zero-order chi connectivity index (χ0) is 19.6. The Bertz CT molecular complexity index is 717. The first-order valence-corrected chi connectivity index (χ1v) is 10.5. The maximum atomic E-state index is 12.1. The second-order valence-electron chi connectivity index (χ2n) is 7.55. The highest BCUT2D eigenvalue weighted by atomic mass is 16.5. The molecule has 4 heteroatoms. The summed E-state index contributed by atoms with van der Waals surface area (Å²) in [5.74, 6) is 0.882. The molecule has 1 saturated heterocycles. The molecule has 1 fully saturated rings. The van der Waals surface area contributed by atoms with E-state index in [1.807, 2.05) is 24.3 Å². The summed E-state index contributed by atoms with van der Waals surface area (Å²) in [6.45, 7) is 3.07. The van der Waals surface area contributed by atoms with Crippen molar-refractivity contribution in [3.63, 3.8) is 0 Å². The van der Waals surface area contributed by atoms with Crippen LogP contribution in [0.4, 0.5) is 5.69 Å². The van der Waals surface area contributed by atoms with E-state index in [9.17, 15) is 4.79 Å². The molecule has 2 aromatic carbocycles. The minimum absolute atomic E-state index is 0.0710. The minimum atomic E-state index is 0.0710. The SMILES string of the molecule is COc1ccc(CC(=O)NCCCc2ccc(N3CCCCCC3)cc2)cc1. The van der Waals surface area contributed by atoms with Crippen LogP contribution in [-0.4, -0.2) is 32.7 Å². The van der Waals surface area contributed by atoms with Gasteiger partial charge in [0, 0.05) is 25.3 Å².